The highest BCUT2D eigenvalue weighted by Crippen LogP contribution is 2.51. The molecule has 9 heteroatoms. The van der Waals surface area contributed by atoms with Crippen molar-refractivity contribution in [2.75, 3.05) is 7.11 Å². The van der Waals surface area contributed by atoms with Crippen molar-refractivity contribution in [1.82, 2.24) is 13.9 Å². The predicted octanol–water partition coefficient (Wildman–Crippen LogP) is 2.58. The second-order valence-corrected chi connectivity index (χ2v) is 9.36. The number of hydrogen-bond donors (Lipinski definition) is 1. The number of allylic oxidation sites excluding steroid dienone is 6. The molecule has 0 saturated carbocycles. The van der Waals surface area contributed by atoms with E-state index in [9.17, 15) is 24.3 Å². The van der Waals surface area contributed by atoms with Crippen LogP contribution in [0.15, 0.2) is 92.6 Å². The van der Waals surface area contributed by atoms with Crippen molar-refractivity contribution in [3.8, 4) is 17.2 Å². The highest BCUT2D eigenvalue weighted by Gasteiger charge is 2.45. The van der Waals surface area contributed by atoms with Crippen LogP contribution in [0.5, 0.6) is 11.5 Å². The molecule has 0 spiro atoms. The number of ketones is 2. The minimum atomic E-state index is -0.768. The molecule has 1 aromatic heterocycles. The van der Waals surface area contributed by atoms with E-state index in [4.69, 9.17) is 4.74 Å². The second-order valence-electron chi connectivity index (χ2n) is 9.36. The van der Waals surface area contributed by atoms with Gasteiger partial charge in [-0.2, -0.15) is 0 Å². The molecule has 1 N–H and O–H groups in total. The van der Waals surface area contributed by atoms with Crippen LogP contribution in [0.4, 0.5) is 0 Å². The molecule has 0 amide bonds. The van der Waals surface area contributed by atoms with Gasteiger partial charge in [0, 0.05) is 40.7 Å². The standard InChI is InChI=1S/C28H23N3O6/c1-15-12-22(32)20-14-21-18(24(25(20)26(15)34)19-9-8-17(37-2)13-23(19)33)10-11-29-27(35)30(28(36)31(21)29)16-6-4-3-5-7-16/h3-10,12-13,21,24,33H,11,14H2,1-2H3/t21-,24-/m1/s1. The first-order valence-electron chi connectivity index (χ1n) is 11.9. The Morgan fingerprint density at radius 2 is 1.76 bits per heavy atom. The molecule has 1 aliphatic heterocycles. The van der Waals surface area contributed by atoms with Crippen LogP contribution in [0.3, 0.4) is 0 Å². The topological polar surface area (TPSA) is 113 Å². The quantitative estimate of drug-likeness (QED) is 0.440. The normalized spacial score (nSPS) is 20.6. The lowest BCUT2D eigenvalue weighted by atomic mass is 9.67. The number of fused-ring (bicyclic) bond motifs is 3. The molecule has 6 rings (SSSR count). The van der Waals surface area contributed by atoms with Gasteiger partial charge in [-0.15, -0.1) is 0 Å². The Bertz CT molecular complexity index is 1710. The lowest BCUT2D eigenvalue weighted by molar-refractivity contribution is -0.116. The number of methoxy groups -OCH3 is 1. The van der Waals surface area contributed by atoms with Crippen molar-refractivity contribution >= 4 is 11.6 Å². The van der Waals surface area contributed by atoms with E-state index in [1.807, 2.05) is 6.08 Å². The Morgan fingerprint density at radius 1 is 1.00 bits per heavy atom. The fourth-order valence-corrected chi connectivity index (χ4v) is 5.68. The number of carbonyl (C=O) groups excluding carboxylic acids is 2. The average Bonchev–Trinajstić information content (AvgIpc) is 3.16. The fraction of sp³-hybridized carbons (Fsp3) is 0.214. The van der Waals surface area contributed by atoms with Crippen LogP contribution in [0.25, 0.3) is 5.69 Å². The van der Waals surface area contributed by atoms with Gasteiger partial charge in [0.05, 0.1) is 25.4 Å². The summed E-state index contributed by atoms with van der Waals surface area (Å²) in [4.78, 5) is 53.6. The van der Waals surface area contributed by atoms with Crippen molar-refractivity contribution in [3.05, 3.63) is 110 Å². The van der Waals surface area contributed by atoms with Gasteiger partial charge in [0.1, 0.15) is 11.5 Å². The van der Waals surface area contributed by atoms with Crippen LogP contribution in [-0.2, 0) is 16.1 Å². The van der Waals surface area contributed by atoms with Crippen LogP contribution >= 0.6 is 0 Å². The molecule has 3 aliphatic rings. The van der Waals surface area contributed by atoms with Crippen LogP contribution < -0.4 is 16.1 Å². The molecular formula is C28H23N3O6. The number of Topliss-reactive ketones (excluding diaryl/α,β-unsaturated/α-hetero) is 1. The molecule has 37 heavy (non-hydrogen) atoms. The van der Waals surface area contributed by atoms with E-state index >= 15 is 0 Å². The Labute approximate surface area is 210 Å². The zero-order valence-electron chi connectivity index (χ0n) is 20.2. The molecule has 2 atom stereocenters. The Kier molecular flexibility index (Phi) is 5.04. The van der Waals surface area contributed by atoms with Gasteiger partial charge in [-0.25, -0.2) is 23.5 Å². The van der Waals surface area contributed by atoms with Crippen LogP contribution in [-0.4, -0.2) is 37.7 Å². The number of aromatic hydroxyl groups is 1. The molecule has 9 nitrogen and oxygen atoms in total. The molecule has 3 aromatic rings. The van der Waals surface area contributed by atoms with Gasteiger partial charge in [0.2, 0.25) is 0 Å². The smallest absolute Gasteiger partial charge is 0.352 e. The number of benzene rings is 2. The lowest BCUT2D eigenvalue weighted by Crippen LogP contribution is -2.40. The maximum absolute atomic E-state index is 13.7. The first-order valence-corrected chi connectivity index (χ1v) is 11.9. The third-order valence-electron chi connectivity index (χ3n) is 7.39. The summed E-state index contributed by atoms with van der Waals surface area (Å²) in [5.41, 5.74) is 1.44. The van der Waals surface area contributed by atoms with Crippen LogP contribution in [0, 0.1) is 0 Å². The zero-order valence-corrected chi connectivity index (χ0v) is 20.2. The summed E-state index contributed by atoms with van der Waals surface area (Å²) in [6.07, 6.45) is 3.22. The minimum Gasteiger partial charge on any atom is -0.507 e. The van der Waals surface area contributed by atoms with Gasteiger partial charge < -0.3 is 9.84 Å². The largest absolute Gasteiger partial charge is 0.507 e. The number of phenols is 1. The van der Waals surface area contributed by atoms with E-state index in [1.165, 1.54) is 28.6 Å². The molecule has 0 radical (unpaired) electrons. The first-order chi connectivity index (χ1) is 17.8. The summed E-state index contributed by atoms with van der Waals surface area (Å²) in [6.45, 7) is 1.70. The summed E-state index contributed by atoms with van der Waals surface area (Å²) in [7, 11) is 1.48. The average molecular weight is 498 g/mol. The van der Waals surface area contributed by atoms with Crippen molar-refractivity contribution in [3.63, 3.8) is 0 Å². The van der Waals surface area contributed by atoms with Crippen molar-refractivity contribution in [2.24, 2.45) is 0 Å². The summed E-state index contributed by atoms with van der Waals surface area (Å²) in [6, 6.07) is 12.7. The van der Waals surface area contributed by atoms with E-state index in [2.05, 4.69) is 0 Å². The number of hydrogen-bond acceptors (Lipinski definition) is 6. The number of ether oxygens (including phenoxy) is 1. The third kappa shape index (κ3) is 3.23. The monoisotopic (exact) mass is 497 g/mol. The number of aromatic nitrogens is 3. The molecular weight excluding hydrogens is 474 g/mol. The van der Waals surface area contributed by atoms with E-state index in [1.54, 1.807) is 49.4 Å². The highest BCUT2D eigenvalue weighted by atomic mass is 16.5. The molecule has 0 saturated heterocycles. The third-order valence-corrected chi connectivity index (χ3v) is 7.39. The summed E-state index contributed by atoms with van der Waals surface area (Å²) in [5.74, 6) is -1.00. The molecule has 0 fully saturated rings. The molecule has 2 heterocycles. The Morgan fingerprint density at radius 3 is 2.46 bits per heavy atom. The number of carbonyl (C=O) groups is 2. The van der Waals surface area contributed by atoms with E-state index in [-0.39, 0.29) is 30.3 Å². The maximum Gasteiger partial charge on any atom is 0.352 e. The second kappa shape index (κ2) is 8.19. The number of para-hydroxylation sites is 1. The molecule has 0 bridgehead atoms. The summed E-state index contributed by atoms with van der Waals surface area (Å²) >= 11 is 0. The van der Waals surface area contributed by atoms with E-state index < -0.39 is 23.3 Å². The minimum absolute atomic E-state index is 0.0844. The summed E-state index contributed by atoms with van der Waals surface area (Å²) < 4.78 is 9.07. The van der Waals surface area contributed by atoms with Gasteiger partial charge in [0.15, 0.2) is 11.6 Å². The van der Waals surface area contributed by atoms with E-state index in [0.717, 1.165) is 4.57 Å². The van der Waals surface area contributed by atoms with Gasteiger partial charge in [0.25, 0.3) is 0 Å². The van der Waals surface area contributed by atoms with Gasteiger partial charge in [-0.3, -0.25) is 9.59 Å². The van der Waals surface area contributed by atoms with Gasteiger partial charge >= 0.3 is 11.4 Å². The molecule has 2 aliphatic carbocycles. The SMILES string of the molecule is COc1ccc([C@H]2C3=CCn4c(=O)n(-c5ccccc5)c(=O)n4[C@@H]3CC3=C2C(=O)C(C)=CC3=O)c(O)c1. The number of rotatable bonds is 3. The molecule has 186 valence electrons. The van der Waals surface area contributed by atoms with Gasteiger partial charge in [-0.1, -0.05) is 30.3 Å². The fourth-order valence-electron chi connectivity index (χ4n) is 5.68. The van der Waals surface area contributed by atoms with Crippen LogP contribution in [0.1, 0.15) is 30.9 Å². The molecule has 2 aromatic carbocycles. The first kappa shape index (κ1) is 22.8. The Hall–Kier alpha value is -4.66. The van der Waals surface area contributed by atoms with E-state index in [0.29, 0.717) is 39.3 Å². The van der Waals surface area contributed by atoms with Crippen molar-refractivity contribution < 1.29 is 19.4 Å². The predicted molar refractivity (Wildman–Crippen MR) is 134 cm³/mol. The Balaban J connectivity index is 1.59. The highest BCUT2D eigenvalue weighted by molar-refractivity contribution is 6.23. The lowest BCUT2D eigenvalue weighted by Gasteiger charge is -2.39. The van der Waals surface area contributed by atoms with Crippen molar-refractivity contribution in [1.29, 1.82) is 0 Å². The molecule has 0 unspecified atom stereocenters. The number of nitrogens with zero attached hydrogens (tertiary/aromatic N) is 3. The van der Waals surface area contributed by atoms with Gasteiger partial charge in [-0.05, 0) is 36.8 Å². The summed E-state index contributed by atoms with van der Waals surface area (Å²) in [5, 5.41) is 11.0. The van der Waals surface area contributed by atoms with Crippen molar-refractivity contribution in [2.45, 2.75) is 31.8 Å². The zero-order chi connectivity index (χ0) is 26.0. The maximum atomic E-state index is 13.7. The van der Waals surface area contributed by atoms with Crippen LogP contribution in [0.2, 0.25) is 0 Å². The number of phenolic OH excluding ortho intramolecular Hbond substituents is 1.